The Labute approximate surface area is 176 Å². The Morgan fingerprint density at radius 2 is 1.60 bits per heavy atom. The number of hydrogen-bond acceptors (Lipinski definition) is 5. The van der Waals surface area contributed by atoms with Gasteiger partial charge in [-0.3, -0.25) is 9.59 Å². The Morgan fingerprint density at radius 3 is 2.23 bits per heavy atom. The lowest BCUT2D eigenvalue weighted by Gasteiger charge is -2.25. The van der Waals surface area contributed by atoms with Crippen molar-refractivity contribution >= 4 is 33.1 Å². The number of sulfonamides is 1. The second-order valence-electron chi connectivity index (χ2n) is 7.51. The minimum Gasteiger partial charge on any atom is -0.293 e. The summed E-state index contributed by atoms with van der Waals surface area (Å²) in [5, 5.41) is 5.51. The minimum atomic E-state index is -3.57. The Balaban J connectivity index is 1.54. The second-order valence-corrected chi connectivity index (χ2v) is 9.45. The van der Waals surface area contributed by atoms with Crippen LogP contribution in [0.25, 0.3) is 0 Å². The number of para-hydroxylation sites is 1. The number of benzene rings is 2. The van der Waals surface area contributed by atoms with Crippen molar-refractivity contribution in [1.82, 2.24) is 4.31 Å². The molecule has 0 aromatic heterocycles. The van der Waals surface area contributed by atoms with Gasteiger partial charge in [0.05, 0.1) is 16.3 Å². The minimum absolute atomic E-state index is 0.162. The van der Waals surface area contributed by atoms with Crippen molar-refractivity contribution in [3.8, 4) is 0 Å². The first kappa shape index (κ1) is 20.4. The van der Waals surface area contributed by atoms with Crippen LogP contribution in [0.15, 0.2) is 64.6 Å². The molecule has 156 valence electrons. The van der Waals surface area contributed by atoms with Crippen LogP contribution in [0, 0.1) is 5.92 Å². The van der Waals surface area contributed by atoms with Gasteiger partial charge in [-0.1, -0.05) is 36.8 Å². The smallest absolute Gasteiger partial charge is 0.264 e. The third-order valence-electron chi connectivity index (χ3n) is 5.49. The first-order valence-electron chi connectivity index (χ1n) is 9.98. The summed E-state index contributed by atoms with van der Waals surface area (Å²) in [5.74, 6) is -1.80. The van der Waals surface area contributed by atoms with E-state index in [9.17, 15) is 18.0 Å². The van der Waals surface area contributed by atoms with E-state index in [0.29, 0.717) is 24.5 Å². The highest BCUT2D eigenvalue weighted by molar-refractivity contribution is 7.89. The van der Waals surface area contributed by atoms with E-state index in [0.717, 1.165) is 19.3 Å². The molecule has 2 aromatic rings. The normalized spacial score (nSPS) is 20.3. The van der Waals surface area contributed by atoms with Gasteiger partial charge in [0.2, 0.25) is 10.0 Å². The number of piperidine rings is 1. The number of carbonyl (C=O) groups is 2. The van der Waals surface area contributed by atoms with Crippen LogP contribution in [0.1, 0.15) is 36.5 Å². The summed E-state index contributed by atoms with van der Waals surface area (Å²) in [7, 11) is -3.57. The van der Waals surface area contributed by atoms with Crippen LogP contribution in [0.4, 0.5) is 5.69 Å². The maximum Gasteiger partial charge on any atom is 0.264 e. The number of ketones is 1. The van der Waals surface area contributed by atoms with Crippen LogP contribution in [0.3, 0.4) is 0 Å². The number of Topliss-reactive ketones (excluding diaryl/α,β-unsaturated/α-hetero) is 1. The van der Waals surface area contributed by atoms with Crippen LogP contribution in [0.5, 0.6) is 0 Å². The zero-order valence-electron chi connectivity index (χ0n) is 16.7. The van der Waals surface area contributed by atoms with Gasteiger partial charge in [-0.25, -0.2) is 8.42 Å². The Bertz CT molecular complexity index is 1090. The third-order valence-corrected chi connectivity index (χ3v) is 7.40. The van der Waals surface area contributed by atoms with Gasteiger partial charge in [-0.05, 0) is 44.0 Å². The van der Waals surface area contributed by atoms with E-state index in [1.807, 2.05) is 6.07 Å². The molecule has 2 heterocycles. The summed E-state index contributed by atoms with van der Waals surface area (Å²) in [6.45, 7) is 2.69. The summed E-state index contributed by atoms with van der Waals surface area (Å²) in [5.41, 5.74) is 1.30. The van der Waals surface area contributed by atoms with Gasteiger partial charge in [0.15, 0.2) is 5.78 Å². The van der Waals surface area contributed by atoms with Crippen molar-refractivity contribution in [2.75, 3.05) is 18.1 Å². The molecule has 1 fully saturated rings. The van der Waals surface area contributed by atoms with Gasteiger partial charge < -0.3 is 0 Å². The van der Waals surface area contributed by atoms with Gasteiger partial charge in [0, 0.05) is 18.7 Å². The molecule has 2 aliphatic heterocycles. The Hall–Kier alpha value is -2.84. The topological polar surface area (TPSA) is 87.1 Å². The monoisotopic (exact) mass is 425 g/mol. The molecule has 1 atom stereocenters. The van der Waals surface area contributed by atoms with E-state index in [4.69, 9.17) is 0 Å². The van der Waals surface area contributed by atoms with Crippen molar-refractivity contribution in [2.24, 2.45) is 11.0 Å². The van der Waals surface area contributed by atoms with Crippen LogP contribution in [-0.4, -0.2) is 43.2 Å². The molecular weight excluding hydrogens is 402 g/mol. The number of anilines is 1. The van der Waals surface area contributed by atoms with Crippen LogP contribution >= 0.6 is 0 Å². The highest BCUT2D eigenvalue weighted by atomic mass is 32.2. The van der Waals surface area contributed by atoms with Crippen molar-refractivity contribution in [1.29, 1.82) is 0 Å². The van der Waals surface area contributed by atoms with Crippen LogP contribution in [-0.2, 0) is 14.8 Å². The quantitative estimate of drug-likeness (QED) is 0.544. The highest BCUT2D eigenvalue weighted by Crippen LogP contribution is 2.27. The molecule has 4 rings (SSSR count). The maximum atomic E-state index is 13.0. The Morgan fingerprint density at radius 1 is 0.967 bits per heavy atom. The van der Waals surface area contributed by atoms with E-state index in [-0.39, 0.29) is 16.2 Å². The zero-order chi connectivity index (χ0) is 21.3. The van der Waals surface area contributed by atoms with E-state index < -0.39 is 21.8 Å². The molecule has 8 heteroatoms. The summed E-state index contributed by atoms with van der Waals surface area (Å²) < 4.78 is 27.1. The largest absolute Gasteiger partial charge is 0.293 e. The van der Waals surface area contributed by atoms with E-state index in [1.165, 1.54) is 33.6 Å². The van der Waals surface area contributed by atoms with Gasteiger partial charge in [0.25, 0.3) is 5.91 Å². The summed E-state index contributed by atoms with van der Waals surface area (Å²) in [6, 6.07) is 14.8. The molecule has 7 nitrogen and oxygen atoms in total. The summed E-state index contributed by atoms with van der Waals surface area (Å²) >= 11 is 0. The molecule has 0 aliphatic carbocycles. The average Bonchev–Trinajstić information content (AvgIpc) is 3.08. The molecule has 30 heavy (non-hydrogen) atoms. The number of amides is 1. The van der Waals surface area contributed by atoms with Crippen molar-refractivity contribution in [2.45, 2.75) is 31.1 Å². The molecule has 2 aliphatic rings. The molecule has 2 aromatic carbocycles. The molecule has 0 radical (unpaired) electrons. The fraction of sp³-hybridized carbons (Fsp3) is 0.318. The number of nitrogens with zero attached hydrogens (tertiary/aromatic N) is 3. The molecule has 1 amide bonds. The standard InChI is InChI=1S/C22H23N3O4S/c1-16-20(22(27)25(23-16)18-8-4-2-5-9-18)21(26)17-10-12-19(13-11-17)30(28,29)24-14-6-3-7-15-24/h2,4-5,8-13,20H,3,6-7,14-15H2,1H3. The van der Waals surface area contributed by atoms with Gasteiger partial charge >= 0.3 is 0 Å². The van der Waals surface area contributed by atoms with E-state index in [1.54, 1.807) is 31.2 Å². The molecule has 0 N–H and O–H groups in total. The average molecular weight is 426 g/mol. The fourth-order valence-electron chi connectivity index (χ4n) is 3.83. The lowest BCUT2D eigenvalue weighted by Crippen LogP contribution is -2.35. The van der Waals surface area contributed by atoms with Crippen LogP contribution in [0.2, 0.25) is 0 Å². The number of carbonyl (C=O) groups excluding carboxylic acids is 2. The second kappa shape index (κ2) is 8.12. The molecule has 0 saturated carbocycles. The first-order chi connectivity index (χ1) is 14.4. The fourth-order valence-corrected chi connectivity index (χ4v) is 5.35. The van der Waals surface area contributed by atoms with Crippen LogP contribution < -0.4 is 5.01 Å². The molecule has 0 spiro atoms. The van der Waals surface area contributed by atoms with E-state index in [2.05, 4.69) is 5.10 Å². The first-order valence-corrected chi connectivity index (χ1v) is 11.4. The van der Waals surface area contributed by atoms with Crippen molar-refractivity contribution < 1.29 is 18.0 Å². The van der Waals surface area contributed by atoms with Crippen molar-refractivity contribution in [3.05, 3.63) is 60.2 Å². The zero-order valence-corrected chi connectivity index (χ0v) is 17.5. The SMILES string of the molecule is CC1=NN(c2ccccc2)C(=O)C1C(=O)c1ccc(S(=O)(=O)N2CCCCC2)cc1. The van der Waals surface area contributed by atoms with Gasteiger partial charge in [-0.15, -0.1) is 0 Å². The molecule has 0 bridgehead atoms. The van der Waals surface area contributed by atoms with Gasteiger partial charge in [-0.2, -0.15) is 14.4 Å². The number of rotatable bonds is 5. The summed E-state index contributed by atoms with van der Waals surface area (Å²) in [6.07, 6.45) is 2.75. The Kier molecular flexibility index (Phi) is 5.53. The van der Waals surface area contributed by atoms with Gasteiger partial charge in [0.1, 0.15) is 5.92 Å². The number of hydrogen-bond donors (Lipinski definition) is 0. The highest BCUT2D eigenvalue weighted by Gasteiger charge is 2.40. The lowest BCUT2D eigenvalue weighted by atomic mass is 9.94. The maximum absolute atomic E-state index is 13.0. The number of hydrazone groups is 1. The predicted octanol–water partition coefficient (Wildman–Crippen LogP) is 3.08. The predicted molar refractivity (Wildman–Crippen MR) is 114 cm³/mol. The third kappa shape index (κ3) is 3.68. The van der Waals surface area contributed by atoms with E-state index >= 15 is 0 Å². The van der Waals surface area contributed by atoms with Crippen molar-refractivity contribution in [3.63, 3.8) is 0 Å². The molecular formula is C22H23N3O4S. The molecule has 1 saturated heterocycles. The molecule has 1 unspecified atom stereocenters. The lowest BCUT2D eigenvalue weighted by molar-refractivity contribution is -0.118. The summed E-state index contributed by atoms with van der Waals surface area (Å²) in [4.78, 5) is 26.0.